The average Bonchev–Trinajstić information content (AvgIpc) is 3.21. The molecule has 0 spiro atoms. The van der Waals surface area contributed by atoms with Crippen molar-refractivity contribution in [3.8, 4) is 34.8 Å². The summed E-state index contributed by atoms with van der Waals surface area (Å²) >= 11 is 0. The van der Waals surface area contributed by atoms with Gasteiger partial charge < -0.3 is 23.7 Å². The Hall–Kier alpha value is -5.23. The highest BCUT2D eigenvalue weighted by atomic mass is 28.1. The van der Waals surface area contributed by atoms with E-state index in [1.807, 2.05) is 111 Å². The molecule has 9 heteroatoms. The molecule has 55 heavy (non-hydrogen) atoms. The largest absolute Gasteiger partial charge is 0.493 e. The summed E-state index contributed by atoms with van der Waals surface area (Å²) in [4.78, 5) is 10.7. The zero-order valence-electron chi connectivity index (χ0n) is 33.3. The van der Waals surface area contributed by atoms with Gasteiger partial charge in [-0.05, 0) is 113 Å². The predicted octanol–water partition coefficient (Wildman–Crippen LogP) is 8.86. The lowest BCUT2D eigenvalue weighted by Crippen LogP contribution is -2.44. The number of hydrogen-bond donors (Lipinski definition) is 0. The first-order chi connectivity index (χ1) is 26.7. The van der Waals surface area contributed by atoms with Gasteiger partial charge in [0.25, 0.3) is 0 Å². The molecule has 0 saturated carbocycles. The van der Waals surface area contributed by atoms with Crippen LogP contribution < -0.4 is 18.9 Å². The van der Waals surface area contributed by atoms with Crippen LogP contribution in [-0.4, -0.2) is 43.7 Å². The Morgan fingerprint density at radius 1 is 0.509 bits per heavy atom. The van der Waals surface area contributed by atoms with Gasteiger partial charge in [-0.15, -0.1) is 0 Å². The maximum absolute atomic E-state index is 8.12. The normalized spacial score (nSPS) is 13.5. The van der Waals surface area contributed by atoms with Gasteiger partial charge in [-0.2, -0.15) is 0 Å². The van der Waals surface area contributed by atoms with Crippen molar-refractivity contribution < 1.29 is 23.7 Å². The number of para-hydroxylation sites is 4. The summed E-state index contributed by atoms with van der Waals surface area (Å²) in [7, 11) is 1.52. The highest BCUT2D eigenvalue weighted by Gasteiger charge is 2.49. The van der Waals surface area contributed by atoms with Crippen molar-refractivity contribution in [3.05, 3.63) is 166 Å². The third-order valence-corrected chi connectivity index (χ3v) is 12.3. The van der Waals surface area contributed by atoms with Crippen LogP contribution in [0, 0.1) is 27.7 Å². The van der Waals surface area contributed by atoms with E-state index in [1.165, 1.54) is 0 Å². The standard InChI is InChI=1S/C46H52N2O5Si2/c1-7-49-39-25-17-15-23-37(39)45(29-54,41-27-31(3)33(5)43(47-41)51-35-19-11-9-12-20-35)53-46(30-55,38-24-16-18-26-40(38)50-8-2)42-28-32(4)34(6)44(48-42)52-36-21-13-10-14-22-36/h9-28H,7-8,29-30H2,1-6,54-55H3. The Morgan fingerprint density at radius 2 is 0.873 bits per heavy atom. The molecule has 6 aromatic rings. The maximum atomic E-state index is 8.12. The molecule has 2 unspecified atom stereocenters. The zero-order valence-corrected chi connectivity index (χ0v) is 37.3. The van der Waals surface area contributed by atoms with Gasteiger partial charge in [0.1, 0.15) is 34.2 Å². The van der Waals surface area contributed by atoms with Crippen molar-refractivity contribution in [2.75, 3.05) is 13.2 Å². The molecule has 7 nitrogen and oxygen atoms in total. The molecule has 6 rings (SSSR count). The van der Waals surface area contributed by atoms with Crippen LogP contribution in [0.3, 0.4) is 0 Å². The molecule has 0 N–H and O–H groups in total. The Labute approximate surface area is 331 Å². The van der Waals surface area contributed by atoms with Crippen LogP contribution in [0.25, 0.3) is 0 Å². The fourth-order valence-electron chi connectivity index (χ4n) is 7.07. The van der Waals surface area contributed by atoms with Gasteiger partial charge in [-0.25, -0.2) is 9.97 Å². The molecule has 2 aromatic heterocycles. The predicted molar refractivity (Wildman–Crippen MR) is 228 cm³/mol. The molecule has 0 radical (unpaired) electrons. The van der Waals surface area contributed by atoms with E-state index in [1.54, 1.807) is 0 Å². The minimum absolute atomic E-state index is 0.495. The Morgan fingerprint density at radius 3 is 1.24 bits per heavy atom. The van der Waals surface area contributed by atoms with Gasteiger partial charge in [0.05, 0.1) is 24.6 Å². The van der Waals surface area contributed by atoms with Gasteiger partial charge in [0.15, 0.2) is 0 Å². The highest BCUT2D eigenvalue weighted by Crippen LogP contribution is 2.52. The van der Waals surface area contributed by atoms with E-state index in [0.29, 0.717) is 48.6 Å². The average molecular weight is 769 g/mol. The van der Waals surface area contributed by atoms with Crippen molar-refractivity contribution in [2.45, 2.75) is 64.8 Å². The van der Waals surface area contributed by atoms with E-state index >= 15 is 0 Å². The van der Waals surface area contributed by atoms with Gasteiger partial charge >= 0.3 is 0 Å². The van der Waals surface area contributed by atoms with Crippen molar-refractivity contribution in [1.29, 1.82) is 0 Å². The van der Waals surface area contributed by atoms with Gasteiger partial charge in [0, 0.05) is 42.7 Å². The van der Waals surface area contributed by atoms with E-state index in [-0.39, 0.29) is 0 Å². The minimum Gasteiger partial charge on any atom is -0.493 e. The third-order valence-electron chi connectivity index (χ3n) is 10.3. The molecule has 0 fully saturated rings. The molecule has 0 aliphatic heterocycles. The fraction of sp³-hybridized carbons (Fsp3) is 0.261. The fourth-order valence-corrected chi connectivity index (χ4v) is 8.84. The molecule has 0 aliphatic rings. The molecule has 0 amide bonds. The summed E-state index contributed by atoms with van der Waals surface area (Å²) in [5.74, 6) is 3.98. The van der Waals surface area contributed by atoms with Crippen molar-refractivity contribution in [3.63, 3.8) is 0 Å². The number of aryl methyl sites for hydroxylation is 2. The Bertz CT molecular complexity index is 2060. The lowest BCUT2D eigenvalue weighted by Gasteiger charge is -2.45. The second-order valence-corrected chi connectivity index (χ2v) is 15.1. The number of rotatable bonds is 16. The third kappa shape index (κ3) is 8.10. The molecule has 0 bridgehead atoms. The van der Waals surface area contributed by atoms with Crippen LogP contribution in [0.2, 0.25) is 12.1 Å². The summed E-state index contributed by atoms with van der Waals surface area (Å²) in [5, 5.41) is 0. The van der Waals surface area contributed by atoms with Gasteiger partial charge in [-0.1, -0.05) is 72.8 Å². The molecule has 0 saturated heterocycles. The van der Waals surface area contributed by atoms with Crippen molar-refractivity contribution in [1.82, 2.24) is 9.97 Å². The van der Waals surface area contributed by atoms with E-state index in [4.69, 9.17) is 33.7 Å². The van der Waals surface area contributed by atoms with Crippen LogP contribution >= 0.6 is 0 Å². The van der Waals surface area contributed by atoms with Crippen molar-refractivity contribution in [2.24, 2.45) is 0 Å². The van der Waals surface area contributed by atoms with E-state index < -0.39 is 11.2 Å². The summed E-state index contributed by atoms with van der Waals surface area (Å²) in [5.41, 5.74) is 5.07. The first-order valence-electron chi connectivity index (χ1n) is 19.3. The molecule has 4 aromatic carbocycles. The lowest BCUT2D eigenvalue weighted by molar-refractivity contribution is -0.112. The summed E-state index contributed by atoms with van der Waals surface area (Å²) < 4.78 is 34.0. The summed E-state index contributed by atoms with van der Waals surface area (Å²) in [6.45, 7) is 13.3. The molecular weight excluding hydrogens is 717 g/mol. The monoisotopic (exact) mass is 768 g/mol. The maximum Gasteiger partial charge on any atom is 0.222 e. The number of nitrogens with zero attached hydrogens (tertiary/aromatic N) is 2. The topological polar surface area (TPSA) is 71.9 Å². The Balaban J connectivity index is 1.68. The van der Waals surface area contributed by atoms with Crippen LogP contribution in [-0.2, 0) is 15.9 Å². The quantitative estimate of drug-likeness (QED) is 0.0912. The van der Waals surface area contributed by atoms with E-state index in [9.17, 15) is 0 Å². The van der Waals surface area contributed by atoms with Crippen molar-refractivity contribution >= 4 is 20.5 Å². The number of pyridine rings is 2. The van der Waals surface area contributed by atoms with Crippen LogP contribution in [0.5, 0.6) is 34.8 Å². The van der Waals surface area contributed by atoms with Crippen LogP contribution in [0.4, 0.5) is 0 Å². The van der Waals surface area contributed by atoms with Crippen LogP contribution in [0.1, 0.15) is 58.6 Å². The molecular formula is C46H52N2O5Si2. The lowest BCUT2D eigenvalue weighted by atomic mass is 9.84. The van der Waals surface area contributed by atoms with E-state index in [2.05, 4.69) is 52.0 Å². The smallest absolute Gasteiger partial charge is 0.222 e. The first-order valence-corrected chi connectivity index (χ1v) is 22.1. The van der Waals surface area contributed by atoms with Gasteiger partial charge in [0.2, 0.25) is 11.8 Å². The molecule has 2 atom stereocenters. The summed E-state index contributed by atoms with van der Waals surface area (Å²) in [6.07, 6.45) is 0. The first kappa shape index (κ1) is 39.5. The molecule has 284 valence electrons. The molecule has 0 aliphatic carbocycles. The van der Waals surface area contributed by atoms with E-state index in [0.717, 1.165) is 76.8 Å². The summed E-state index contributed by atoms with van der Waals surface area (Å²) in [6, 6.07) is 41.6. The molecule has 2 heterocycles. The minimum atomic E-state index is -1.10. The van der Waals surface area contributed by atoms with Crippen LogP contribution in [0.15, 0.2) is 121 Å². The SMILES string of the molecule is CCOc1ccccc1C(C[SiH3])(OC(C[SiH3])(c1cc(C)c(C)c(Oc2ccccc2)n1)c1ccccc1OCC)c1cc(C)c(C)c(Oc2ccccc2)n1. The number of aromatic nitrogens is 2. The number of hydrogen-bond acceptors (Lipinski definition) is 7. The Kier molecular flexibility index (Phi) is 12.6. The second kappa shape index (κ2) is 17.5. The second-order valence-electron chi connectivity index (χ2n) is 13.7. The number of benzene rings is 4. The highest BCUT2D eigenvalue weighted by molar-refractivity contribution is 6.10. The zero-order chi connectivity index (χ0) is 39.0. The van der Waals surface area contributed by atoms with Gasteiger partial charge in [-0.3, -0.25) is 0 Å². The number of ether oxygens (including phenoxy) is 5.